The highest BCUT2D eigenvalue weighted by Gasteiger charge is 2.18. The van der Waals surface area contributed by atoms with Crippen molar-refractivity contribution in [2.45, 2.75) is 33.1 Å². The maximum absolute atomic E-state index is 13.0. The van der Waals surface area contributed by atoms with Crippen molar-refractivity contribution >= 4 is 40.2 Å². The van der Waals surface area contributed by atoms with E-state index in [1.807, 2.05) is 25.1 Å². The van der Waals surface area contributed by atoms with Gasteiger partial charge in [-0.15, -0.1) is 0 Å². The Morgan fingerprint density at radius 3 is 2.66 bits per heavy atom. The molecule has 0 bridgehead atoms. The first-order valence-corrected chi connectivity index (χ1v) is 12.1. The minimum absolute atomic E-state index is 0.105. The summed E-state index contributed by atoms with van der Waals surface area (Å²) in [4.78, 5) is 30.6. The zero-order valence-corrected chi connectivity index (χ0v) is 22.0. The van der Waals surface area contributed by atoms with Crippen LogP contribution >= 0.6 is 0 Å². The number of aromatic nitrogens is 6. The fourth-order valence-corrected chi connectivity index (χ4v) is 3.55. The van der Waals surface area contributed by atoms with Gasteiger partial charge in [0.05, 0.1) is 6.20 Å². The summed E-state index contributed by atoms with van der Waals surface area (Å²) in [6.07, 6.45) is 8.38. The molecule has 0 aliphatic carbocycles. The molecule has 0 saturated heterocycles. The molecule has 3 heterocycles. The molecule has 38 heavy (non-hydrogen) atoms. The Morgan fingerprint density at radius 1 is 1.13 bits per heavy atom. The molecule has 4 rings (SSSR count). The topological polar surface area (TPSA) is 133 Å². The minimum Gasteiger partial charge on any atom is -0.350 e. The number of benzene rings is 1. The Balaban J connectivity index is 1.57. The van der Waals surface area contributed by atoms with Crippen LogP contribution in [-0.2, 0) is 5.41 Å². The molecule has 194 valence electrons. The summed E-state index contributed by atoms with van der Waals surface area (Å²) >= 11 is 0. The average molecular weight is 510 g/mol. The van der Waals surface area contributed by atoms with Gasteiger partial charge in [0, 0.05) is 35.0 Å². The first-order chi connectivity index (χ1) is 18.2. The highest BCUT2D eigenvalue weighted by molar-refractivity contribution is 6.04. The number of allylic oxidation sites excluding steroid dienone is 2. The summed E-state index contributed by atoms with van der Waals surface area (Å²) in [5, 5.41) is 16.5. The molecule has 4 aromatic rings. The quantitative estimate of drug-likeness (QED) is 0.219. The third kappa shape index (κ3) is 6.09. The Bertz CT molecular complexity index is 1530. The zero-order chi connectivity index (χ0) is 27.3. The third-order valence-electron chi connectivity index (χ3n) is 5.80. The maximum Gasteiger partial charge on any atom is 0.256 e. The lowest BCUT2D eigenvalue weighted by Crippen LogP contribution is -2.13. The van der Waals surface area contributed by atoms with E-state index in [1.54, 1.807) is 30.5 Å². The lowest BCUT2D eigenvalue weighted by atomic mass is 9.92. The van der Waals surface area contributed by atoms with Gasteiger partial charge in [-0.1, -0.05) is 58.2 Å². The molecule has 0 aliphatic heterocycles. The molecule has 10 heteroatoms. The van der Waals surface area contributed by atoms with Crippen LogP contribution in [0.3, 0.4) is 0 Å². The first kappa shape index (κ1) is 26.2. The van der Waals surface area contributed by atoms with Gasteiger partial charge in [0.1, 0.15) is 17.4 Å². The monoisotopic (exact) mass is 509 g/mol. The van der Waals surface area contributed by atoms with Gasteiger partial charge in [-0.2, -0.15) is 5.10 Å². The molecule has 0 atom stereocenters. The van der Waals surface area contributed by atoms with Crippen molar-refractivity contribution in [3.8, 4) is 0 Å². The molecule has 0 fully saturated rings. The zero-order valence-electron chi connectivity index (χ0n) is 22.0. The molecule has 1 amide bonds. The van der Waals surface area contributed by atoms with Crippen molar-refractivity contribution in [2.75, 3.05) is 22.5 Å². The van der Waals surface area contributed by atoms with Crippen LogP contribution < -0.4 is 16.0 Å². The van der Waals surface area contributed by atoms with Gasteiger partial charge in [-0.05, 0) is 30.2 Å². The second-order valence-electron chi connectivity index (χ2n) is 9.71. The molecule has 10 nitrogen and oxygen atoms in total. The van der Waals surface area contributed by atoms with Crippen LogP contribution in [0.25, 0.3) is 11.0 Å². The number of nitrogens with one attached hydrogen (secondary N) is 4. The van der Waals surface area contributed by atoms with Gasteiger partial charge in [-0.25, -0.2) is 19.9 Å². The summed E-state index contributed by atoms with van der Waals surface area (Å²) < 4.78 is 0. The lowest BCUT2D eigenvalue weighted by Gasteiger charge is -2.14. The molecule has 0 unspecified atom stereocenters. The van der Waals surface area contributed by atoms with Crippen LogP contribution in [0, 0.1) is 6.92 Å². The van der Waals surface area contributed by atoms with Crippen LogP contribution in [0.5, 0.6) is 0 Å². The van der Waals surface area contributed by atoms with Crippen LogP contribution in [-0.4, -0.2) is 42.6 Å². The van der Waals surface area contributed by atoms with Gasteiger partial charge in [-0.3, -0.25) is 9.89 Å². The number of carbonyl (C=O) groups excluding carboxylic acids is 1. The average Bonchev–Trinajstić information content (AvgIpc) is 3.37. The summed E-state index contributed by atoms with van der Waals surface area (Å²) in [5.74, 6) is 1.11. The molecular formula is C28H31N9O. The minimum atomic E-state index is -0.271. The summed E-state index contributed by atoms with van der Waals surface area (Å²) in [7, 11) is 0. The molecule has 0 radical (unpaired) electrons. The van der Waals surface area contributed by atoms with E-state index < -0.39 is 0 Å². The number of hydrogen-bond acceptors (Lipinski definition) is 8. The smallest absolute Gasteiger partial charge is 0.256 e. The van der Waals surface area contributed by atoms with Gasteiger partial charge in [0.2, 0.25) is 5.95 Å². The van der Waals surface area contributed by atoms with Gasteiger partial charge in [0.25, 0.3) is 5.91 Å². The van der Waals surface area contributed by atoms with Crippen molar-refractivity contribution < 1.29 is 4.79 Å². The van der Waals surface area contributed by atoms with Crippen molar-refractivity contribution in [1.82, 2.24) is 30.1 Å². The molecule has 1 aromatic carbocycles. The number of H-pyrrole nitrogens is 1. The molecule has 0 spiro atoms. The van der Waals surface area contributed by atoms with Crippen LogP contribution in [0.4, 0.5) is 23.3 Å². The first-order valence-electron chi connectivity index (χ1n) is 12.1. The van der Waals surface area contributed by atoms with Gasteiger partial charge >= 0.3 is 0 Å². The SMILES string of the molecule is C=C/C=C(\C=C)CNc1ncc2ncnc(Nc3cc(C(=O)Nc4cc(C(C)(C)C)[nH]n4)ccc3C)c2n1. The lowest BCUT2D eigenvalue weighted by molar-refractivity contribution is 0.102. The number of aromatic amines is 1. The fraction of sp³-hybridized carbons (Fsp3) is 0.214. The van der Waals surface area contributed by atoms with Gasteiger partial charge < -0.3 is 16.0 Å². The number of nitrogens with zero attached hydrogens (tertiary/aromatic N) is 5. The largest absolute Gasteiger partial charge is 0.350 e. The van der Waals surface area contributed by atoms with Crippen molar-refractivity contribution in [2.24, 2.45) is 0 Å². The molecule has 3 aromatic heterocycles. The van der Waals surface area contributed by atoms with E-state index in [4.69, 9.17) is 0 Å². The van der Waals surface area contributed by atoms with Crippen molar-refractivity contribution in [3.05, 3.63) is 90.6 Å². The standard InChI is InChI=1S/C28H31N9O/c1-7-9-18(8-2)14-29-27-30-15-21-24(35-27)25(32-16-31-21)33-20-12-19(11-10-17(20)3)26(38)34-23-13-22(36-37-23)28(4,5)6/h7-13,15-16H,1-2,14H2,3-6H3,(H,29,30,35)(H,31,32,33)(H2,34,36,37,38)/b18-9+. The Kier molecular flexibility index (Phi) is 7.61. The van der Waals surface area contributed by atoms with Crippen molar-refractivity contribution in [1.29, 1.82) is 0 Å². The predicted molar refractivity (Wildman–Crippen MR) is 152 cm³/mol. The summed E-state index contributed by atoms with van der Waals surface area (Å²) in [6.45, 7) is 16.2. The summed E-state index contributed by atoms with van der Waals surface area (Å²) in [5.41, 5.74) is 5.01. The maximum atomic E-state index is 13.0. The summed E-state index contributed by atoms with van der Waals surface area (Å²) in [6, 6.07) is 7.25. The number of rotatable bonds is 9. The van der Waals surface area contributed by atoms with Crippen LogP contribution in [0.1, 0.15) is 42.4 Å². The Hall–Kier alpha value is -4.86. The second kappa shape index (κ2) is 11.0. The van der Waals surface area contributed by atoms with Crippen LogP contribution in [0.2, 0.25) is 0 Å². The Labute approximate surface area is 221 Å². The molecule has 4 N–H and O–H groups in total. The normalized spacial score (nSPS) is 11.7. The van der Waals surface area contributed by atoms with E-state index in [2.05, 4.69) is 80.0 Å². The van der Waals surface area contributed by atoms with E-state index in [-0.39, 0.29) is 11.3 Å². The van der Waals surface area contributed by atoms with E-state index in [0.717, 1.165) is 16.8 Å². The molecule has 0 saturated carbocycles. The molecular weight excluding hydrogens is 478 g/mol. The number of aryl methyl sites for hydroxylation is 1. The fourth-order valence-electron chi connectivity index (χ4n) is 3.55. The highest BCUT2D eigenvalue weighted by Crippen LogP contribution is 2.26. The number of fused-ring (bicyclic) bond motifs is 1. The second-order valence-corrected chi connectivity index (χ2v) is 9.71. The number of amides is 1. The van der Waals surface area contributed by atoms with E-state index in [9.17, 15) is 4.79 Å². The number of carbonyl (C=O) groups is 1. The van der Waals surface area contributed by atoms with E-state index in [1.165, 1.54) is 6.33 Å². The van der Waals surface area contributed by atoms with Gasteiger partial charge in [0.15, 0.2) is 11.6 Å². The highest BCUT2D eigenvalue weighted by atomic mass is 16.1. The number of anilines is 4. The predicted octanol–water partition coefficient (Wildman–Crippen LogP) is 5.46. The van der Waals surface area contributed by atoms with Crippen LogP contribution in [0.15, 0.2) is 73.7 Å². The van der Waals surface area contributed by atoms with E-state index >= 15 is 0 Å². The van der Waals surface area contributed by atoms with Crippen molar-refractivity contribution in [3.63, 3.8) is 0 Å². The van der Waals surface area contributed by atoms with E-state index in [0.29, 0.717) is 46.4 Å². The number of hydrogen-bond donors (Lipinski definition) is 4. The third-order valence-corrected chi connectivity index (χ3v) is 5.80. The molecule has 0 aliphatic rings. The Morgan fingerprint density at radius 2 is 1.95 bits per heavy atom.